The van der Waals surface area contributed by atoms with Crippen molar-refractivity contribution in [3.63, 3.8) is 0 Å². The van der Waals surface area contributed by atoms with E-state index >= 15 is 0 Å². The highest BCUT2D eigenvalue weighted by molar-refractivity contribution is 7.91. The smallest absolute Gasteiger partial charge is 0.242 e. The molecule has 0 saturated heterocycles. The van der Waals surface area contributed by atoms with Crippen LogP contribution in [-0.4, -0.2) is 37.4 Å². The van der Waals surface area contributed by atoms with E-state index in [1.807, 2.05) is 6.07 Å². The summed E-state index contributed by atoms with van der Waals surface area (Å²) in [6, 6.07) is 13.5. The van der Waals surface area contributed by atoms with Crippen LogP contribution in [0.1, 0.15) is 6.42 Å². The number of nitrogens with zero attached hydrogens (tertiary/aromatic N) is 3. The van der Waals surface area contributed by atoms with Gasteiger partial charge in [0.15, 0.2) is 0 Å². The third-order valence-corrected chi connectivity index (χ3v) is 6.25. The Hall–Kier alpha value is -3.18. The van der Waals surface area contributed by atoms with Gasteiger partial charge >= 0.3 is 0 Å². The number of hydrogen-bond donors (Lipinski definition) is 0. The first-order chi connectivity index (χ1) is 13.3. The van der Waals surface area contributed by atoms with Crippen molar-refractivity contribution in [1.29, 1.82) is 5.26 Å². The van der Waals surface area contributed by atoms with Crippen LogP contribution in [-0.2, 0) is 21.2 Å². The van der Waals surface area contributed by atoms with Crippen LogP contribution in [0.2, 0.25) is 0 Å². The number of amides is 1. The minimum absolute atomic E-state index is 0.0192. The fourth-order valence-electron chi connectivity index (χ4n) is 2.91. The summed E-state index contributed by atoms with van der Waals surface area (Å²) in [4.78, 5) is 13.9. The number of sulfone groups is 1. The zero-order valence-electron chi connectivity index (χ0n) is 15.2. The van der Waals surface area contributed by atoms with Gasteiger partial charge in [-0.15, -0.1) is 0 Å². The first kappa shape index (κ1) is 19.6. The molecule has 0 spiro atoms. The summed E-state index contributed by atoms with van der Waals surface area (Å²) in [5, 5.41) is 9.15. The number of benzene rings is 2. The summed E-state index contributed by atoms with van der Waals surface area (Å²) >= 11 is 0. The van der Waals surface area contributed by atoms with Crippen LogP contribution in [0.4, 0.5) is 4.39 Å². The summed E-state index contributed by atoms with van der Waals surface area (Å²) in [5.41, 5.74) is 0.602. The summed E-state index contributed by atoms with van der Waals surface area (Å²) in [5.74, 6) is -0.755. The molecule has 1 aromatic heterocycles. The second-order valence-corrected chi connectivity index (χ2v) is 8.24. The molecular formula is C20H18FN3O3S. The van der Waals surface area contributed by atoms with E-state index in [0.717, 1.165) is 12.1 Å². The summed E-state index contributed by atoms with van der Waals surface area (Å²) in [6.45, 7) is 0.247. The lowest BCUT2D eigenvalue weighted by atomic mass is 10.2. The van der Waals surface area contributed by atoms with Crippen molar-refractivity contribution in [2.45, 2.75) is 22.8 Å². The van der Waals surface area contributed by atoms with Crippen LogP contribution >= 0.6 is 0 Å². The summed E-state index contributed by atoms with van der Waals surface area (Å²) < 4.78 is 40.9. The molecular weight excluding hydrogens is 381 g/mol. The van der Waals surface area contributed by atoms with E-state index < -0.39 is 15.7 Å². The number of para-hydroxylation sites is 1. The third kappa shape index (κ3) is 3.75. The first-order valence-electron chi connectivity index (χ1n) is 8.54. The molecule has 8 heteroatoms. The number of carbonyl (C=O) groups excluding carboxylic acids is 1. The molecule has 0 unspecified atom stereocenters. The van der Waals surface area contributed by atoms with Gasteiger partial charge < -0.3 is 9.47 Å². The molecule has 144 valence electrons. The Labute approximate surface area is 162 Å². The van der Waals surface area contributed by atoms with Crippen molar-refractivity contribution in [2.24, 2.45) is 0 Å². The number of hydrogen-bond acceptors (Lipinski definition) is 4. The molecule has 1 amide bonds. The van der Waals surface area contributed by atoms with Crippen LogP contribution in [0.15, 0.2) is 64.5 Å². The van der Waals surface area contributed by atoms with Gasteiger partial charge in [0.25, 0.3) is 0 Å². The standard InChI is InChI=1S/C20H18FN3O3S/c1-23(12-4-11-22)20(25)14-24-13-19(17-5-2-3-6-18(17)24)28(26,27)16-9-7-15(21)8-10-16/h2-3,5-10,13H,4,12,14H2,1H3. The van der Waals surface area contributed by atoms with Gasteiger partial charge in [-0.2, -0.15) is 5.26 Å². The topological polar surface area (TPSA) is 83.2 Å². The highest BCUT2D eigenvalue weighted by Crippen LogP contribution is 2.30. The van der Waals surface area contributed by atoms with Crippen molar-refractivity contribution in [3.05, 3.63) is 60.5 Å². The predicted octanol–water partition coefficient (Wildman–Crippen LogP) is 2.99. The predicted molar refractivity (Wildman–Crippen MR) is 102 cm³/mol. The van der Waals surface area contributed by atoms with E-state index in [2.05, 4.69) is 0 Å². The van der Waals surface area contributed by atoms with Crippen LogP contribution in [0.5, 0.6) is 0 Å². The molecule has 1 heterocycles. The van der Waals surface area contributed by atoms with E-state index in [9.17, 15) is 17.6 Å². The van der Waals surface area contributed by atoms with Gasteiger partial charge in [-0.05, 0) is 30.3 Å². The number of carbonyl (C=O) groups is 1. The van der Waals surface area contributed by atoms with Gasteiger partial charge in [0.05, 0.1) is 22.3 Å². The molecule has 0 aliphatic heterocycles. The second kappa shape index (κ2) is 7.82. The van der Waals surface area contributed by atoms with E-state index in [1.165, 1.54) is 23.2 Å². The molecule has 3 rings (SSSR count). The quantitative estimate of drug-likeness (QED) is 0.597. The van der Waals surface area contributed by atoms with Gasteiger partial charge in [0.1, 0.15) is 12.4 Å². The number of aromatic nitrogens is 1. The van der Waals surface area contributed by atoms with Gasteiger partial charge in [-0.25, -0.2) is 12.8 Å². The average molecular weight is 399 g/mol. The van der Waals surface area contributed by atoms with Crippen molar-refractivity contribution in [3.8, 4) is 6.07 Å². The Bertz CT molecular complexity index is 1160. The van der Waals surface area contributed by atoms with Crippen LogP contribution in [0.3, 0.4) is 0 Å². The largest absolute Gasteiger partial charge is 0.343 e. The van der Waals surface area contributed by atoms with Crippen molar-refractivity contribution in [2.75, 3.05) is 13.6 Å². The molecule has 0 fully saturated rings. The van der Waals surface area contributed by atoms with Gasteiger partial charge in [0.2, 0.25) is 15.7 Å². The molecule has 0 N–H and O–H groups in total. The summed E-state index contributed by atoms with van der Waals surface area (Å²) in [6.07, 6.45) is 1.65. The minimum Gasteiger partial charge on any atom is -0.343 e. The van der Waals surface area contributed by atoms with Gasteiger partial charge in [-0.3, -0.25) is 4.79 Å². The number of likely N-dealkylation sites (N-methyl/N-ethyl adjacent to an activating group) is 1. The fourth-order valence-corrected chi connectivity index (χ4v) is 4.38. The molecule has 0 saturated carbocycles. The minimum atomic E-state index is -3.89. The Morgan fingerprint density at radius 2 is 1.86 bits per heavy atom. The van der Waals surface area contributed by atoms with E-state index in [4.69, 9.17) is 5.26 Å². The average Bonchev–Trinajstić information content (AvgIpc) is 3.06. The van der Waals surface area contributed by atoms with Crippen LogP contribution in [0.25, 0.3) is 10.9 Å². The number of fused-ring (bicyclic) bond motifs is 1. The molecule has 0 aliphatic rings. The highest BCUT2D eigenvalue weighted by atomic mass is 32.2. The second-order valence-electron chi connectivity index (χ2n) is 6.32. The Balaban J connectivity index is 2.03. The van der Waals surface area contributed by atoms with Crippen molar-refractivity contribution < 1.29 is 17.6 Å². The zero-order valence-corrected chi connectivity index (χ0v) is 16.0. The Kier molecular flexibility index (Phi) is 5.47. The maximum absolute atomic E-state index is 13.2. The molecule has 3 aromatic rings. The maximum atomic E-state index is 13.2. The van der Waals surface area contributed by atoms with E-state index in [1.54, 1.807) is 35.9 Å². The van der Waals surface area contributed by atoms with Crippen LogP contribution in [0, 0.1) is 17.1 Å². The lowest BCUT2D eigenvalue weighted by Crippen LogP contribution is -2.30. The molecule has 2 aromatic carbocycles. The molecule has 6 nitrogen and oxygen atoms in total. The monoisotopic (exact) mass is 399 g/mol. The number of nitriles is 1. The third-order valence-electron chi connectivity index (χ3n) is 4.46. The lowest BCUT2D eigenvalue weighted by molar-refractivity contribution is -0.130. The molecule has 0 bridgehead atoms. The van der Waals surface area contributed by atoms with E-state index in [0.29, 0.717) is 17.4 Å². The highest BCUT2D eigenvalue weighted by Gasteiger charge is 2.24. The lowest BCUT2D eigenvalue weighted by Gasteiger charge is -2.16. The number of rotatable bonds is 6. The van der Waals surface area contributed by atoms with Gasteiger partial charge in [0, 0.05) is 30.7 Å². The van der Waals surface area contributed by atoms with Crippen LogP contribution < -0.4 is 0 Å². The normalized spacial score (nSPS) is 11.3. The first-order valence-corrected chi connectivity index (χ1v) is 10.0. The maximum Gasteiger partial charge on any atom is 0.242 e. The van der Waals surface area contributed by atoms with E-state index in [-0.39, 0.29) is 28.7 Å². The number of halogens is 1. The molecule has 0 radical (unpaired) electrons. The SMILES string of the molecule is CN(CCC#N)C(=O)Cn1cc(S(=O)(=O)c2ccc(F)cc2)c2ccccc21. The Morgan fingerprint density at radius 3 is 2.54 bits per heavy atom. The molecule has 0 atom stereocenters. The van der Waals surface area contributed by atoms with Crippen molar-refractivity contribution in [1.82, 2.24) is 9.47 Å². The Morgan fingerprint density at radius 1 is 1.18 bits per heavy atom. The van der Waals surface area contributed by atoms with Crippen molar-refractivity contribution >= 4 is 26.6 Å². The molecule has 0 aliphatic carbocycles. The fraction of sp³-hybridized carbons (Fsp3) is 0.200. The zero-order chi connectivity index (χ0) is 20.3. The van der Waals surface area contributed by atoms with Gasteiger partial charge in [-0.1, -0.05) is 18.2 Å². The molecule has 28 heavy (non-hydrogen) atoms. The summed E-state index contributed by atoms with van der Waals surface area (Å²) in [7, 11) is -2.29.